The van der Waals surface area contributed by atoms with Crippen LogP contribution in [-0.2, 0) is 0 Å². The van der Waals surface area contributed by atoms with E-state index in [1.165, 1.54) is 32.1 Å². The summed E-state index contributed by atoms with van der Waals surface area (Å²) in [5, 5.41) is 0. The molecule has 0 fully saturated rings. The minimum atomic E-state index is -0.506. The molecule has 0 radical (unpaired) electrons. The molecular weight excluding hydrogens is 266 g/mol. The van der Waals surface area contributed by atoms with Gasteiger partial charge in [0.1, 0.15) is 5.82 Å². The van der Waals surface area contributed by atoms with E-state index in [1.54, 1.807) is 0 Å². The van der Waals surface area contributed by atoms with Crippen LogP contribution in [0.2, 0.25) is 0 Å². The quantitative estimate of drug-likeness (QED) is 0.470. The first-order valence-electron chi connectivity index (χ1n) is 6.93. The van der Waals surface area contributed by atoms with E-state index in [9.17, 15) is 8.78 Å². The lowest BCUT2D eigenvalue weighted by atomic mass is 10.1. The molecule has 0 saturated heterocycles. The summed E-state index contributed by atoms with van der Waals surface area (Å²) in [4.78, 5) is 0. The zero-order chi connectivity index (χ0) is 13.9. The predicted octanol–water partition coefficient (Wildman–Crippen LogP) is 5.00. The van der Waals surface area contributed by atoms with Crippen LogP contribution in [-0.4, -0.2) is 12.4 Å². The number of unbranched alkanes of at least 4 members (excludes halogenated alkanes) is 6. The van der Waals surface area contributed by atoms with E-state index >= 15 is 0 Å². The van der Waals surface area contributed by atoms with E-state index in [-0.39, 0.29) is 5.75 Å². The van der Waals surface area contributed by atoms with E-state index in [1.807, 2.05) is 0 Å². The van der Waals surface area contributed by atoms with Crippen molar-refractivity contribution in [1.82, 2.24) is 0 Å². The molecule has 0 atom stereocenters. The second-order valence-corrected chi connectivity index (χ2v) is 5.07. The zero-order valence-corrected chi connectivity index (χ0v) is 12.1. The maximum atomic E-state index is 13.2. The van der Waals surface area contributed by atoms with Crippen LogP contribution in [0.25, 0.3) is 0 Å². The van der Waals surface area contributed by atoms with E-state index in [0.29, 0.717) is 6.61 Å². The Balaban J connectivity index is 2.03. The molecule has 0 aliphatic carbocycles. The molecule has 19 heavy (non-hydrogen) atoms. The third-order valence-corrected chi connectivity index (χ3v) is 3.27. The van der Waals surface area contributed by atoms with Gasteiger partial charge in [0.05, 0.1) is 6.61 Å². The van der Waals surface area contributed by atoms with Crippen molar-refractivity contribution < 1.29 is 13.5 Å². The van der Waals surface area contributed by atoms with Gasteiger partial charge in [-0.15, -0.1) is 0 Å². The van der Waals surface area contributed by atoms with Crippen molar-refractivity contribution in [2.75, 3.05) is 12.4 Å². The molecule has 0 aliphatic rings. The van der Waals surface area contributed by atoms with E-state index in [4.69, 9.17) is 4.74 Å². The van der Waals surface area contributed by atoms with Crippen LogP contribution < -0.4 is 4.74 Å². The molecule has 0 spiro atoms. The molecule has 0 saturated carbocycles. The van der Waals surface area contributed by atoms with Crippen LogP contribution in [0.5, 0.6) is 5.75 Å². The number of hydrogen-bond donors (Lipinski definition) is 1. The number of thiol groups is 1. The van der Waals surface area contributed by atoms with Crippen LogP contribution in [0, 0.1) is 11.6 Å². The molecule has 0 aliphatic heterocycles. The normalized spacial score (nSPS) is 10.7. The fraction of sp³-hybridized carbons (Fsp3) is 0.600. The van der Waals surface area contributed by atoms with Gasteiger partial charge < -0.3 is 4.74 Å². The van der Waals surface area contributed by atoms with Crippen molar-refractivity contribution in [3.05, 3.63) is 29.8 Å². The van der Waals surface area contributed by atoms with Crippen molar-refractivity contribution >= 4 is 12.6 Å². The summed E-state index contributed by atoms with van der Waals surface area (Å²) in [6, 6.07) is 3.27. The van der Waals surface area contributed by atoms with Gasteiger partial charge in [-0.25, -0.2) is 8.78 Å². The summed E-state index contributed by atoms with van der Waals surface area (Å²) in [5.74, 6) is -0.00457. The van der Waals surface area contributed by atoms with Gasteiger partial charge in [-0.1, -0.05) is 32.1 Å². The summed E-state index contributed by atoms with van der Waals surface area (Å²) in [7, 11) is 0. The van der Waals surface area contributed by atoms with Gasteiger partial charge in [0.15, 0.2) is 11.6 Å². The molecule has 0 bridgehead atoms. The van der Waals surface area contributed by atoms with Crippen LogP contribution in [0.15, 0.2) is 18.2 Å². The van der Waals surface area contributed by atoms with Crippen molar-refractivity contribution in [2.24, 2.45) is 0 Å². The van der Waals surface area contributed by atoms with Gasteiger partial charge in [0, 0.05) is 6.07 Å². The highest BCUT2D eigenvalue weighted by molar-refractivity contribution is 7.80. The molecule has 0 unspecified atom stereocenters. The van der Waals surface area contributed by atoms with Gasteiger partial charge in [0.25, 0.3) is 0 Å². The number of halogens is 2. The maximum absolute atomic E-state index is 13.2. The van der Waals surface area contributed by atoms with Crippen molar-refractivity contribution in [3.63, 3.8) is 0 Å². The van der Waals surface area contributed by atoms with Gasteiger partial charge in [0.2, 0.25) is 0 Å². The minimum absolute atomic E-state index is 0.00813. The topological polar surface area (TPSA) is 9.23 Å². The Bertz CT molecular complexity index is 358. The average Bonchev–Trinajstić information content (AvgIpc) is 2.40. The molecule has 0 heterocycles. The highest BCUT2D eigenvalue weighted by atomic mass is 32.1. The second kappa shape index (κ2) is 10.1. The summed E-state index contributed by atoms with van der Waals surface area (Å²) in [6.45, 7) is 0.441. The lowest BCUT2D eigenvalue weighted by Gasteiger charge is -2.07. The number of ether oxygens (including phenoxy) is 1. The summed E-state index contributed by atoms with van der Waals surface area (Å²) in [5.41, 5.74) is 0. The highest BCUT2D eigenvalue weighted by Crippen LogP contribution is 2.18. The largest absolute Gasteiger partial charge is 0.490 e. The first-order valence-corrected chi connectivity index (χ1v) is 7.56. The third-order valence-electron chi connectivity index (χ3n) is 2.95. The molecule has 0 aromatic heterocycles. The predicted molar refractivity (Wildman–Crippen MR) is 78.0 cm³/mol. The minimum Gasteiger partial charge on any atom is -0.490 e. The zero-order valence-electron chi connectivity index (χ0n) is 11.2. The Hall–Kier alpha value is -0.770. The molecule has 1 aromatic carbocycles. The third kappa shape index (κ3) is 7.41. The maximum Gasteiger partial charge on any atom is 0.165 e. The van der Waals surface area contributed by atoms with Crippen LogP contribution >= 0.6 is 12.6 Å². The molecule has 4 heteroatoms. The van der Waals surface area contributed by atoms with Crippen molar-refractivity contribution in [2.45, 2.75) is 44.9 Å². The average molecular weight is 288 g/mol. The standard InChI is InChI=1S/C15H22F2OS/c16-13-8-9-14(17)15(12-13)18-10-6-4-2-1-3-5-7-11-19/h8-9,12,19H,1-7,10-11H2. The number of benzene rings is 1. The fourth-order valence-electron chi connectivity index (χ4n) is 1.87. The van der Waals surface area contributed by atoms with E-state index < -0.39 is 11.6 Å². The van der Waals surface area contributed by atoms with Gasteiger partial charge in [-0.2, -0.15) is 12.6 Å². The lowest BCUT2D eigenvalue weighted by Crippen LogP contribution is -1.99. The monoisotopic (exact) mass is 288 g/mol. The van der Waals surface area contributed by atoms with Gasteiger partial charge >= 0.3 is 0 Å². The van der Waals surface area contributed by atoms with Gasteiger partial charge in [-0.3, -0.25) is 0 Å². The van der Waals surface area contributed by atoms with Crippen LogP contribution in [0.1, 0.15) is 44.9 Å². The van der Waals surface area contributed by atoms with Crippen molar-refractivity contribution in [3.8, 4) is 5.75 Å². The Morgan fingerprint density at radius 2 is 1.53 bits per heavy atom. The molecule has 108 valence electrons. The molecule has 1 rings (SSSR count). The van der Waals surface area contributed by atoms with Crippen molar-refractivity contribution in [1.29, 1.82) is 0 Å². The summed E-state index contributed by atoms with van der Waals surface area (Å²) in [6.07, 6.45) is 8.02. The molecule has 1 aromatic rings. The number of rotatable bonds is 10. The second-order valence-electron chi connectivity index (χ2n) is 4.62. The molecule has 0 N–H and O–H groups in total. The lowest BCUT2D eigenvalue weighted by molar-refractivity contribution is 0.288. The number of hydrogen-bond acceptors (Lipinski definition) is 2. The Kier molecular flexibility index (Phi) is 8.63. The van der Waals surface area contributed by atoms with E-state index in [2.05, 4.69) is 12.6 Å². The van der Waals surface area contributed by atoms with Gasteiger partial charge in [-0.05, 0) is 30.7 Å². The first-order chi connectivity index (χ1) is 9.24. The summed E-state index contributed by atoms with van der Waals surface area (Å²) >= 11 is 4.17. The highest BCUT2D eigenvalue weighted by Gasteiger charge is 2.04. The molecule has 1 nitrogen and oxygen atoms in total. The Morgan fingerprint density at radius 3 is 2.21 bits per heavy atom. The smallest absolute Gasteiger partial charge is 0.165 e. The fourth-order valence-corrected chi connectivity index (χ4v) is 2.09. The van der Waals surface area contributed by atoms with E-state index in [0.717, 1.165) is 36.8 Å². The molecule has 0 amide bonds. The molecular formula is C15H22F2OS. The van der Waals surface area contributed by atoms with Crippen LogP contribution in [0.4, 0.5) is 8.78 Å². The SMILES string of the molecule is Fc1ccc(F)c(OCCCCCCCCCS)c1. The Morgan fingerprint density at radius 1 is 0.895 bits per heavy atom. The Labute approximate surface area is 119 Å². The summed E-state index contributed by atoms with van der Waals surface area (Å²) < 4.78 is 31.3. The van der Waals surface area contributed by atoms with Crippen LogP contribution in [0.3, 0.4) is 0 Å². The first kappa shape index (κ1) is 16.3.